The van der Waals surface area contributed by atoms with E-state index in [-0.39, 0.29) is 17.1 Å². The summed E-state index contributed by atoms with van der Waals surface area (Å²) in [5, 5.41) is 0. The number of nitrogen functional groups attached to an aromatic ring is 1. The maximum Gasteiger partial charge on any atom is 0.338 e. The van der Waals surface area contributed by atoms with Crippen LogP contribution in [0.1, 0.15) is 43.1 Å². The smallest absolute Gasteiger partial charge is 0.338 e. The molecular weight excluding hydrogens is 420 g/mol. The number of hydrogen-bond acceptors (Lipinski definition) is 8. The van der Waals surface area contributed by atoms with Crippen LogP contribution in [0.15, 0.2) is 35.7 Å². The molecule has 0 saturated heterocycles. The topological polar surface area (TPSA) is 142 Å². The number of ether oxygens (including phenoxy) is 1. The summed E-state index contributed by atoms with van der Waals surface area (Å²) in [6.07, 6.45) is 3.50. The average molecular weight is 447 g/mol. The summed E-state index contributed by atoms with van der Waals surface area (Å²) in [5.74, 6) is -0.270. The van der Waals surface area contributed by atoms with Crippen molar-refractivity contribution in [3.8, 4) is 0 Å². The van der Waals surface area contributed by atoms with Gasteiger partial charge in [-0.15, -0.1) is 0 Å². The number of carbonyl (C=O) groups excluding carboxylic acids is 1. The molecule has 10 nitrogen and oxygen atoms in total. The molecule has 0 spiro atoms. The first-order valence-electron chi connectivity index (χ1n) is 9.71. The summed E-state index contributed by atoms with van der Waals surface area (Å²) in [7, 11) is -3.76. The fourth-order valence-corrected chi connectivity index (χ4v) is 4.43. The summed E-state index contributed by atoms with van der Waals surface area (Å²) in [6.45, 7) is 7.64. The standard InChI is InChI=1S/C20H26N6O4S/c1-13-6-7-14(31(28,29)25-20(2,3)4)10-15(13)19(27)30-9-5-8-26-12-24-16-17(21)22-11-23-18(16)26/h6-7,10-12,25H,5,8-9H2,1-4H3,(H2,21,22,23). The molecule has 0 radical (unpaired) electrons. The number of hydrogen-bond donors (Lipinski definition) is 2. The number of esters is 1. The lowest BCUT2D eigenvalue weighted by molar-refractivity contribution is 0.0495. The van der Waals surface area contributed by atoms with E-state index in [2.05, 4.69) is 19.7 Å². The van der Waals surface area contributed by atoms with Gasteiger partial charge in [-0.3, -0.25) is 0 Å². The number of anilines is 1. The van der Waals surface area contributed by atoms with Gasteiger partial charge in [-0.05, 0) is 51.8 Å². The van der Waals surface area contributed by atoms with Crippen molar-refractivity contribution in [2.75, 3.05) is 12.3 Å². The Bertz CT molecular complexity index is 1210. The third kappa shape index (κ3) is 5.36. The molecule has 166 valence electrons. The van der Waals surface area contributed by atoms with Gasteiger partial charge in [-0.1, -0.05) is 6.07 Å². The fourth-order valence-electron chi connectivity index (χ4n) is 2.99. The number of sulfonamides is 1. The molecule has 2 heterocycles. The first-order valence-corrected chi connectivity index (χ1v) is 11.2. The van der Waals surface area contributed by atoms with Gasteiger partial charge in [0.05, 0.1) is 23.4 Å². The molecule has 0 bridgehead atoms. The van der Waals surface area contributed by atoms with Crippen molar-refractivity contribution in [3.63, 3.8) is 0 Å². The summed E-state index contributed by atoms with van der Waals surface area (Å²) >= 11 is 0. The Morgan fingerprint density at radius 2 is 1.97 bits per heavy atom. The van der Waals surface area contributed by atoms with Crippen molar-refractivity contribution < 1.29 is 17.9 Å². The van der Waals surface area contributed by atoms with Gasteiger partial charge < -0.3 is 15.0 Å². The number of nitrogens with zero attached hydrogens (tertiary/aromatic N) is 4. The Kier molecular flexibility index (Phi) is 6.27. The van der Waals surface area contributed by atoms with E-state index in [0.717, 1.165) is 0 Å². The molecule has 3 aromatic rings. The molecular formula is C20H26N6O4S. The van der Waals surface area contributed by atoms with E-state index in [1.165, 1.54) is 18.5 Å². The lowest BCUT2D eigenvalue weighted by Crippen LogP contribution is -2.40. The third-order valence-electron chi connectivity index (χ3n) is 4.39. The molecule has 0 aliphatic heterocycles. The van der Waals surface area contributed by atoms with Gasteiger partial charge in [0.1, 0.15) is 11.8 Å². The minimum atomic E-state index is -3.76. The molecule has 11 heteroatoms. The van der Waals surface area contributed by atoms with Crippen LogP contribution in [0.3, 0.4) is 0 Å². The van der Waals surface area contributed by atoms with E-state index < -0.39 is 21.5 Å². The van der Waals surface area contributed by atoms with Gasteiger partial charge in [0.15, 0.2) is 11.5 Å². The molecule has 31 heavy (non-hydrogen) atoms. The molecule has 0 aliphatic rings. The zero-order valence-electron chi connectivity index (χ0n) is 17.9. The Balaban J connectivity index is 1.64. The third-order valence-corrected chi connectivity index (χ3v) is 6.14. The van der Waals surface area contributed by atoms with E-state index in [4.69, 9.17) is 10.5 Å². The number of nitrogens with two attached hydrogens (primary N) is 1. The lowest BCUT2D eigenvalue weighted by Gasteiger charge is -2.20. The van der Waals surface area contributed by atoms with Gasteiger partial charge in [-0.25, -0.2) is 32.9 Å². The minimum absolute atomic E-state index is 0.0159. The van der Waals surface area contributed by atoms with Crippen LogP contribution in [0.4, 0.5) is 5.82 Å². The highest BCUT2D eigenvalue weighted by Gasteiger charge is 2.24. The van der Waals surface area contributed by atoms with Crippen molar-refractivity contribution in [1.29, 1.82) is 0 Å². The number of imidazole rings is 1. The summed E-state index contributed by atoms with van der Waals surface area (Å²) < 4.78 is 34.9. The molecule has 0 unspecified atom stereocenters. The highest BCUT2D eigenvalue weighted by atomic mass is 32.2. The molecule has 3 rings (SSSR count). The highest BCUT2D eigenvalue weighted by molar-refractivity contribution is 7.89. The monoisotopic (exact) mass is 446 g/mol. The zero-order chi connectivity index (χ0) is 22.8. The molecule has 0 saturated carbocycles. The predicted molar refractivity (Wildman–Crippen MR) is 116 cm³/mol. The number of carbonyl (C=O) groups is 1. The van der Waals surface area contributed by atoms with E-state index in [0.29, 0.717) is 35.5 Å². The fraction of sp³-hybridized carbons (Fsp3) is 0.400. The van der Waals surface area contributed by atoms with Crippen molar-refractivity contribution in [3.05, 3.63) is 42.0 Å². The SMILES string of the molecule is Cc1ccc(S(=O)(=O)NC(C)(C)C)cc1C(=O)OCCCn1cnc2c(N)ncnc21. The second-order valence-corrected chi connectivity index (χ2v) is 9.87. The minimum Gasteiger partial charge on any atom is -0.462 e. The van der Waals surface area contributed by atoms with E-state index in [1.54, 1.807) is 44.7 Å². The number of fused-ring (bicyclic) bond motifs is 1. The van der Waals surface area contributed by atoms with Crippen LogP contribution >= 0.6 is 0 Å². The molecule has 2 aromatic heterocycles. The Labute approximate surface area is 180 Å². The second kappa shape index (κ2) is 8.60. The Morgan fingerprint density at radius 1 is 1.23 bits per heavy atom. The van der Waals surface area contributed by atoms with Crippen LogP contribution in [0.2, 0.25) is 0 Å². The molecule has 0 fully saturated rings. The zero-order valence-corrected chi connectivity index (χ0v) is 18.7. The van der Waals surface area contributed by atoms with E-state index >= 15 is 0 Å². The van der Waals surface area contributed by atoms with Crippen LogP contribution in [0.5, 0.6) is 0 Å². The molecule has 0 amide bonds. The first kappa shape index (κ1) is 22.6. The van der Waals surface area contributed by atoms with Crippen molar-refractivity contribution in [1.82, 2.24) is 24.2 Å². The van der Waals surface area contributed by atoms with E-state index in [9.17, 15) is 13.2 Å². The van der Waals surface area contributed by atoms with Crippen molar-refractivity contribution in [2.24, 2.45) is 0 Å². The number of benzene rings is 1. The quantitative estimate of drug-likeness (QED) is 0.415. The Morgan fingerprint density at radius 3 is 2.68 bits per heavy atom. The maximum absolute atomic E-state index is 12.6. The number of rotatable bonds is 7. The van der Waals surface area contributed by atoms with Crippen LogP contribution in [-0.2, 0) is 21.3 Å². The lowest BCUT2D eigenvalue weighted by atomic mass is 10.1. The number of aromatic nitrogens is 4. The van der Waals surface area contributed by atoms with Gasteiger partial charge in [0, 0.05) is 12.1 Å². The van der Waals surface area contributed by atoms with Crippen molar-refractivity contribution >= 4 is 33.0 Å². The van der Waals surface area contributed by atoms with Gasteiger partial charge in [0.2, 0.25) is 10.0 Å². The average Bonchev–Trinajstić information content (AvgIpc) is 3.08. The van der Waals surface area contributed by atoms with Gasteiger partial charge in [0.25, 0.3) is 0 Å². The summed E-state index contributed by atoms with van der Waals surface area (Å²) in [6, 6.07) is 4.41. The predicted octanol–water partition coefficient (Wildman–Crippen LogP) is 2.04. The highest BCUT2D eigenvalue weighted by Crippen LogP contribution is 2.19. The van der Waals surface area contributed by atoms with Crippen LogP contribution in [-0.4, -0.2) is 46.1 Å². The van der Waals surface area contributed by atoms with Crippen LogP contribution in [0.25, 0.3) is 11.2 Å². The molecule has 0 aliphatic carbocycles. The Hall–Kier alpha value is -3.05. The number of aryl methyl sites for hydroxylation is 2. The molecule has 3 N–H and O–H groups in total. The van der Waals surface area contributed by atoms with Crippen molar-refractivity contribution in [2.45, 2.75) is 51.1 Å². The number of nitrogens with one attached hydrogen (secondary N) is 1. The normalized spacial score (nSPS) is 12.3. The molecule has 1 aromatic carbocycles. The molecule has 0 atom stereocenters. The van der Waals surface area contributed by atoms with Crippen LogP contribution < -0.4 is 10.5 Å². The van der Waals surface area contributed by atoms with Gasteiger partial charge in [-0.2, -0.15) is 0 Å². The van der Waals surface area contributed by atoms with Crippen LogP contribution in [0, 0.1) is 6.92 Å². The van der Waals surface area contributed by atoms with Gasteiger partial charge >= 0.3 is 5.97 Å². The maximum atomic E-state index is 12.6. The first-order chi connectivity index (χ1) is 14.5. The summed E-state index contributed by atoms with van der Waals surface area (Å²) in [5.41, 5.74) is 7.11. The second-order valence-electron chi connectivity index (χ2n) is 8.19. The summed E-state index contributed by atoms with van der Waals surface area (Å²) in [4.78, 5) is 24.8. The largest absolute Gasteiger partial charge is 0.462 e. The van der Waals surface area contributed by atoms with E-state index in [1.807, 2.05) is 0 Å².